The molecule has 0 aromatic rings. The van der Waals surface area contributed by atoms with Crippen LogP contribution in [0.15, 0.2) is 12.7 Å². The van der Waals surface area contributed by atoms with Gasteiger partial charge >= 0.3 is 12.0 Å². The maximum absolute atomic E-state index is 12.2. The number of carbonyl (C=O) groups is 2. The fourth-order valence-electron chi connectivity index (χ4n) is 2.18. The summed E-state index contributed by atoms with van der Waals surface area (Å²) in [6, 6.07) is -0.189. The number of aliphatic carboxylic acids is 1. The van der Waals surface area contributed by atoms with Gasteiger partial charge in [-0.1, -0.05) is 13.0 Å². The van der Waals surface area contributed by atoms with Crippen LogP contribution in [0.2, 0.25) is 0 Å². The largest absolute Gasteiger partial charge is 0.480 e. The monoisotopic (exact) mass is 254 g/mol. The molecule has 1 fully saturated rings. The van der Waals surface area contributed by atoms with Gasteiger partial charge in [-0.25, -0.2) is 4.79 Å². The highest BCUT2D eigenvalue weighted by atomic mass is 16.4. The zero-order valence-electron chi connectivity index (χ0n) is 11.0. The number of hydrogen-bond acceptors (Lipinski definition) is 2. The van der Waals surface area contributed by atoms with Crippen molar-refractivity contribution in [2.45, 2.75) is 26.2 Å². The van der Waals surface area contributed by atoms with Gasteiger partial charge in [0.25, 0.3) is 0 Å². The number of carbonyl (C=O) groups excluding carboxylic acids is 1. The third-order valence-electron chi connectivity index (χ3n) is 3.23. The Bertz CT molecular complexity index is 317. The van der Waals surface area contributed by atoms with Gasteiger partial charge in [-0.3, -0.25) is 4.79 Å². The predicted molar refractivity (Wildman–Crippen MR) is 69.4 cm³/mol. The molecular weight excluding hydrogens is 232 g/mol. The normalized spacial score (nSPS) is 20.1. The van der Waals surface area contributed by atoms with Crippen molar-refractivity contribution in [3.8, 4) is 0 Å². The highest BCUT2D eigenvalue weighted by molar-refractivity contribution is 5.80. The van der Waals surface area contributed by atoms with Gasteiger partial charge in [0.1, 0.15) is 6.54 Å². The molecule has 0 aliphatic carbocycles. The molecule has 1 atom stereocenters. The van der Waals surface area contributed by atoms with Crippen LogP contribution in [0.1, 0.15) is 26.2 Å². The number of amides is 2. The Balaban J connectivity index is 2.63. The van der Waals surface area contributed by atoms with Gasteiger partial charge in [0.15, 0.2) is 0 Å². The smallest absolute Gasteiger partial charge is 0.323 e. The first kappa shape index (κ1) is 14.5. The number of nitrogens with zero attached hydrogens (tertiary/aromatic N) is 2. The van der Waals surface area contributed by atoms with E-state index in [9.17, 15) is 9.59 Å². The van der Waals surface area contributed by atoms with Crippen LogP contribution < -0.4 is 0 Å². The Morgan fingerprint density at radius 3 is 2.78 bits per heavy atom. The Morgan fingerprint density at radius 1 is 1.44 bits per heavy atom. The average Bonchev–Trinajstić information content (AvgIpc) is 2.52. The Labute approximate surface area is 108 Å². The van der Waals surface area contributed by atoms with Gasteiger partial charge in [0.2, 0.25) is 0 Å². The number of rotatable bonds is 4. The Hall–Kier alpha value is -1.52. The number of urea groups is 1. The van der Waals surface area contributed by atoms with E-state index in [1.54, 1.807) is 11.0 Å². The summed E-state index contributed by atoms with van der Waals surface area (Å²) in [5.74, 6) is -0.358. The molecule has 0 aromatic heterocycles. The minimum atomic E-state index is -0.992. The van der Waals surface area contributed by atoms with Crippen molar-refractivity contribution in [2.24, 2.45) is 5.92 Å². The molecule has 0 aromatic carbocycles. The molecule has 1 heterocycles. The Morgan fingerprint density at radius 2 is 2.17 bits per heavy atom. The summed E-state index contributed by atoms with van der Waals surface area (Å²) in [6.45, 7) is 7.19. The van der Waals surface area contributed by atoms with Gasteiger partial charge in [0.05, 0.1) is 0 Å². The van der Waals surface area contributed by atoms with Crippen LogP contribution >= 0.6 is 0 Å². The SMILES string of the molecule is C=CCN(CC(=O)O)C(=O)N1CCCC(C)CC1. The van der Waals surface area contributed by atoms with Gasteiger partial charge in [-0.2, -0.15) is 0 Å². The van der Waals surface area contributed by atoms with Crippen molar-refractivity contribution in [1.29, 1.82) is 0 Å². The van der Waals surface area contributed by atoms with Crippen LogP contribution in [0, 0.1) is 5.92 Å². The van der Waals surface area contributed by atoms with Crippen LogP contribution in [0.3, 0.4) is 0 Å². The molecule has 0 spiro atoms. The first-order chi connectivity index (χ1) is 8.54. The number of carboxylic acids is 1. The van der Waals surface area contributed by atoms with E-state index in [4.69, 9.17) is 5.11 Å². The summed E-state index contributed by atoms with van der Waals surface area (Å²) in [5, 5.41) is 8.81. The molecule has 0 saturated carbocycles. The number of carboxylic acid groups (broad SMARTS) is 1. The first-order valence-corrected chi connectivity index (χ1v) is 6.41. The zero-order chi connectivity index (χ0) is 13.5. The van der Waals surface area contributed by atoms with Crippen LogP contribution in [0.25, 0.3) is 0 Å². The van der Waals surface area contributed by atoms with E-state index in [1.165, 1.54) is 4.90 Å². The molecule has 5 heteroatoms. The van der Waals surface area contributed by atoms with Crippen LogP contribution in [-0.4, -0.2) is 53.1 Å². The van der Waals surface area contributed by atoms with Crippen molar-refractivity contribution in [3.63, 3.8) is 0 Å². The summed E-state index contributed by atoms with van der Waals surface area (Å²) in [4.78, 5) is 26.1. The standard InChI is InChI=1S/C13H22N2O3/c1-3-7-15(10-12(16)17)13(18)14-8-4-5-11(2)6-9-14/h3,11H,1,4-10H2,2H3,(H,16,17). The number of likely N-dealkylation sites (tertiary alicyclic amines) is 1. The quantitative estimate of drug-likeness (QED) is 0.778. The maximum atomic E-state index is 12.2. The predicted octanol–water partition coefficient (Wildman–Crippen LogP) is 1.80. The average molecular weight is 254 g/mol. The van der Waals surface area contributed by atoms with Crippen molar-refractivity contribution in [2.75, 3.05) is 26.2 Å². The van der Waals surface area contributed by atoms with E-state index in [0.29, 0.717) is 12.5 Å². The van der Waals surface area contributed by atoms with E-state index < -0.39 is 5.97 Å². The lowest BCUT2D eigenvalue weighted by atomic mass is 10.0. The highest BCUT2D eigenvalue weighted by Gasteiger charge is 2.23. The first-order valence-electron chi connectivity index (χ1n) is 6.41. The van der Waals surface area contributed by atoms with E-state index in [1.807, 2.05) is 0 Å². The molecule has 1 N–H and O–H groups in total. The summed E-state index contributed by atoms with van der Waals surface area (Å²) in [7, 11) is 0. The highest BCUT2D eigenvalue weighted by Crippen LogP contribution is 2.17. The number of hydrogen-bond donors (Lipinski definition) is 1. The van der Waals surface area contributed by atoms with Crippen LogP contribution in [0.4, 0.5) is 4.79 Å². The second-order valence-electron chi connectivity index (χ2n) is 4.87. The van der Waals surface area contributed by atoms with E-state index in [-0.39, 0.29) is 19.1 Å². The molecular formula is C13H22N2O3. The van der Waals surface area contributed by atoms with Crippen molar-refractivity contribution < 1.29 is 14.7 Å². The molecule has 1 aliphatic heterocycles. The summed E-state index contributed by atoms with van der Waals surface area (Å²) < 4.78 is 0. The van der Waals surface area contributed by atoms with Crippen LogP contribution in [-0.2, 0) is 4.79 Å². The van der Waals surface area contributed by atoms with E-state index >= 15 is 0 Å². The lowest BCUT2D eigenvalue weighted by Crippen LogP contribution is -2.45. The van der Waals surface area contributed by atoms with Gasteiger partial charge in [0, 0.05) is 19.6 Å². The summed E-state index contributed by atoms with van der Waals surface area (Å²) in [5.41, 5.74) is 0. The fraction of sp³-hybridized carbons (Fsp3) is 0.692. The van der Waals surface area contributed by atoms with Gasteiger partial charge in [-0.05, 0) is 25.2 Å². The third-order valence-corrected chi connectivity index (χ3v) is 3.23. The molecule has 18 heavy (non-hydrogen) atoms. The molecule has 1 saturated heterocycles. The Kier molecular flexibility index (Phi) is 5.68. The van der Waals surface area contributed by atoms with Crippen molar-refractivity contribution in [1.82, 2.24) is 9.80 Å². The van der Waals surface area contributed by atoms with E-state index in [2.05, 4.69) is 13.5 Å². The van der Waals surface area contributed by atoms with Gasteiger partial charge in [-0.15, -0.1) is 6.58 Å². The zero-order valence-corrected chi connectivity index (χ0v) is 11.0. The molecule has 5 nitrogen and oxygen atoms in total. The second kappa shape index (κ2) is 7.03. The second-order valence-corrected chi connectivity index (χ2v) is 4.87. The van der Waals surface area contributed by atoms with Gasteiger partial charge < -0.3 is 14.9 Å². The summed E-state index contributed by atoms with van der Waals surface area (Å²) in [6.07, 6.45) is 4.66. The van der Waals surface area contributed by atoms with E-state index in [0.717, 1.165) is 25.8 Å². The molecule has 0 bridgehead atoms. The third kappa shape index (κ3) is 4.39. The molecule has 1 rings (SSSR count). The molecule has 0 radical (unpaired) electrons. The minimum Gasteiger partial charge on any atom is -0.480 e. The molecule has 1 aliphatic rings. The van der Waals surface area contributed by atoms with Crippen LogP contribution in [0.5, 0.6) is 0 Å². The molecule has 102 valence electrons. The molecule has 1 unspecified atom stereocenters. The fourth-order valence-corrected chi connectivity index (χ4v) is 2.18. The molecule has 2 amide bonds. The topological polar surface area (TPSA) is 60.9 Å². The van der Waals surface area contributed by atoms with Crippen molar-refractivity contribution in [3.05, 3.63) is 12.7 Å². The van der Waals surface area contributed by atoms with Crippen molar-refractivity contribution >= 4 is 12.0 Å². The lowest BCUT2D eigenvalue weighted by Gasteiger charge is -2.28. The minimum absolute atomic E-state index is 0.189. The lowest BCUT2D eigenvalue weighted by molar-refractivity contribution is -0.137. The summed E-state index contributed by atoms with van der Waals surface area (Å²) >= 11 is 0. The maximum Gasteiger partial charge on any atom is 0.323 e.